The average Bonchev–Trinajstić information content (AvgIpc) is 3.05. The van der Waals surface area contributed by atoms with Gasteiger partial charge in [0.25, 0.3) is 0 Å². The lowest BCUT2D eigenvalue weighted by molar-refractivity contribution is -0.159. The largest absolute Gasteiger partial charge is 0.480 e. The molecular weight excluding hydrogens is 286 g/mol. The van der Waals surface area contributed by atoms with E-state index < -0.39 is 18.1 Å². The van der Waals surface area contributed by atoms with E-state index in [1.54, 1.807) is 0 Å². The number of ether oxygens (including phenoxy) is 1. The third kappa shape index (κ3) is 2.96. The minimum absolute atomic E-state index is 0.0412. The lowest BCUT2D eigenvalue weighted by atomic mass is 10.0. The lowest BCUT2D eigenvalue weighted by Gasteiger charge is -2.34. The highest BCUT2D eigenvalue weighted by Crippen LogP contribution is 2.23. The van der Waals surface area contributed by atoms with E-state index in [0.717, 1.165) is 5.56 Å². The Kier molecular flexibility index (Phi) is 4.37. The molecule has 2 heterocycles. The van der Waals surface area contributed by atoms with Crippen LogP contribution in [0.15, 0.2) is 30.3 Å². The Hall–Kier alpha value is -1.96. The number of morpholine rings is 1. The minimum atomic E-state index is -1.03. The number of carbonyl (C=O) groups excluding carboxylic acids is 1. The Morgan fingerprint density at radius 2 is 2.00 bits per heavy atom. The maximum atomic E-state index is 12.6. The van der Waals surface area contributed by atoms with Crippen molar-refractivity contribution in [3.8, 4) is 0 Å². The molecule has 7 nitrogen and oxygen atoms in total. The van der Waals surface area contributed by atoms with E-state index in [1.807, 2.05) is 30.3 Å². The molecule has 2 aliphatic heterocycles. The molecule has 0 radical (unpaired) electrons. The Morgan fingerprint density at radius 3 is 2.73 bits per heavy atom. The van der Waals surface area contributed by atoms with Gasteiger partial charge in [-0.2, -0.15) is 0 Å². The maximum Gasteiger partial charge on any atom is 0.328 e. The van der Waals surface area contributed by atoms with Crippen LogP contribution in [0.25, 0.3) is 0 Å². The number of hydrogen-bond donors (Lipinski definition) is 3. The van der Waals surface area contributed by atoms with Crippen LogP contribution in [0.2, 0.25) is 0 Å². The van der Waals surface area contributed by atoms with E-state index in [9.17, 15) is 14.7 Å². The second kappa shape index (κ2) is 6.43. The smallest absolute Gasteiger partial charge is 0.328 e. The summed E-state index contributed by atoms with van der Waals surface area (Å²) in [5, 5.41) is 9.22. The fourth-order valence-corrected chi connectivity index (χ4v) is 2.89. The summed E-state index contributed by atoms with van der Waals surface area (Å²) in [6, 6.07) is 8.56. The van der Waals surface area contributed by atoms with Crippen LogP contribution < -0.4 is 10.9 Å². The summed E-state index contributed by atoms with van der Waals surface area (Å²) in [7, 11) is 0. The second-order valence-corrected chi connectivity index (χ2v) is 5.50. The molecule has 0 saturated carbocycles. The number of nitrogens with one attached hydrogen (secondary N) is 2. The minimum Gasteiger partial charge on any atom is -0.480 e. The summed E-state index contributed by atoms with van der Waals surface area (Å²) in [4.78, 5) is 25.3. The van der Waals surface area contributed by atoms with Crippen LogP contribution in [0, 0.1) is 0 Å². The monoisotopic (exact) mass is 305 g/mol. The Balaban J connectivity index is 1.67. The molecule has 1 amide bonds. The summed E-state index contributed by atoms with van der Waals surface area (Å²) in [6.45, 7) is 0.727. The first-order valence-electron chi connectivity index (χ1n) is 7.34. The highest BCUT2D eigenvalue weighted by molar-refractivity contribution is 5.87. The van der Waals surface area contributed by atoms with Crippen molar-refractivity contribution in [2.45, 2.75) is 24.5 Å². The summed E-state index contributed by atoms with van der Waals surface area (Å²) in [5.74, 6) is -1.22. The normalized spacial score (nSPS) is 28.5. The molecule has 3 N–H and O–H groups in total. The van der Waals surface area contributed by atoms with Crippen LogP contribution in [0.3, 0.4) is 0 Å². The summed E-state index contributed by atoms with van der Waals surface area (Å²) in [6.07, 6.45) is 0.590. The molecule has 0 bridgehead atoms. The number of aliphatic carboxylic acids is 1. The third-order valence-electron chi connectivity index (χ3n) is 4.10. The van der Waals surface area contributed by atoms with E-state index in [1.165, 1.54) is 4.90 Å². The van der Waals surface area contributed by atoms with E-state index in [0.29, 0.717) is 19.6 Å². The fourth-order valence-electron chi connectivity index (χ4n) is 2.89. The number of benzene rings is 1. The molecule has 7 heteroatoms. The summed E-state index contributed by atoms with van der Waals surface area (Å²) >= 11 is 0. The van der Waals surface area contributed by atoms with Crippen LogP contribution in [0.1, 0.15) is 18.0 Å². The number of carboxylic acid groups (broad SMARTS) is 1. The Morgan fingerprint density at radius 1 is 1.23 bits per heavy atom. The first-order chi connectivity index (χ1) is 10.7. The zero-order chi connectivity index (χ0) is 15.5. The number of rotatable bonds is 3. The number of amides is 1. The third-order valence-corrected chi connectivity index (χ3v) is 4.10. The van der Waals surface area contributed by atoms with Gasteiger partial charge in [0.05, 0.1) is 13.2 Å². The molecule has 1 aromatic rings. The van der Waals surface area contributed by atoms with E-state index >= 15 is 0 Å². The molecular formula is C15H19N3O4. The first kappa shape index (κ1) is 15.0. The SMILES string of the molecule is O=C(O)C1COCCN1C(=O)C1CC(c2ccccc2)NN1. The van der Waals surface area contributed by atoms with Crippen LogP contribution in [-0.2, 0) is 14.3 Å². The van der Waals surface area contributed by atoms with E-state index in [2.05, 4.69) is 10.9 Å². The van der Waals surface area contributed by atoms with Gasteiger partial charge in [0.2, 0.25) is 5.91 Å². The molecule has 22 heavy (non-hydrogen) atoms. The number of hydrogen-bond acceptors (Lipinski definition) is 5. The van der Waals surface area contributed by atoms with Gasteiger partial charge in [-0.25, -0.2) is 15.6 Å². The molecule has 3 unspecified atom stereocenters. The number of hydrazine groups is 1. The van der Waals surface area contributed by atoms with Gasteiger partial charge in [0.15, 0.2) is 6.04 Å². The molecule has 3 rings (SSSR count). The highest BCUT2D eigenvalue weighted by Gasteiger charge is 2.39. The predicted molar refractivity (Wildman–Crippen MR) is 77.8 cm³/mol. The van der Waals surface area contributed by atoms with Gasteiger partial charge in [-0.05, 0) is 12.0 Å². The second-order valence-electron chi connectivity index (χ2n) is 5.50. The lowest BCUT2D eigenvalue weighted by Crippen LogP contribution is -2.57. The molecule has 2 aliphatic rings. The average molecular weight is 305 g/mol. The quantitative estimate of drug-likeness (QED) is 0.723. The zero-order valence-electron chi connectivity index (χ0n) is 12.1. The summed E-state index contributed by atoms with van der Waals surface area (Å²) in [5.41, 5.74) is 7.20. The van der Waals surface area contributed by atoms with Gasteiger partial charge in [0.1, 0.15) is 6.04 Å². The van der Waals surface area contributed by atoms with Crippen molar-refractivity contribution in [3.05, 3.63) is 35.9 Å². The van der Waals surface area contributed by atoms with Crippen molar-refractivity contribution in [1.29, 1.82) is 0 Å². The Bertz CT molecular complexity index is 551. The van der Waals surface area contributed by atoms with Gasteiger partial charge in [-0.1, -0.05) is 30.3 Å². The van der Waals surface area contributed by atoms with Crippen LogP contribution in [0.4, 0.5) is 0 Å². The topological polar surface area (TPSA) is 90.9 Å². The molecule has 0 aromatic heterocycles. The molecule has 0 aliphatic carbocycles. The van der Waals surface area contributed by atoms with Crippen molar-refractivity contribution in [2.24, 2.45) is 0 Å². The van der Waals surface area contributed by atoms with E-state index in [-0.39, 0.29) is 18.6 Å². The molecule has 0 spiro atoms. The maximum absolute atomic E-state index is 12.6. The number of nitrogens with zero attached hydrogens (tertiary/aromatic N) is 1. The Labute approximate surface area is 128 Å². The zero-order valence-corrected chi connectivity index (χ0v) is 12.1. The highest BCUT2D eigenvalue weighted by atomic mass is 16.5. The molecule has 3 atom stereocenters. The molecule has 2 fully saturated rings. The predicted octanol–water partition coefficient (Wildman–Crippen LogP) is -0.0938. The van der Waals surface area contributed by atoms with Crippen molar-refractivity contribution in [2.75, 3.05) is 19.8 Å². The van der Waals surface area contributed by atoms with Gasteiger partial charge in [-0.15, -0.1) is 0 Å². The fraction of sp³-hybridized carbons (Fsp3) is 0.467. The van der Waals surface area contributed by atoms with Gasteiger partial charge >= 0.3 is 5.97 Å². The van der Waals surface area contributed by atoms with Gasteiger partial charge < -0.3 is 14.7 Å². The standard InChI is InChI=1S/C15H19N3O4/c19-14(18-6-7-22-9-13(18)15(20)21)12-8-11(16-17-12)10-4-2-1-3-5-10/h1-5,11-13,16-17H,6-9H2,(H,20,21). The van der Waals surface area contributed by atoms with Crippen molar-refractivity contribution < 1.29 is 19.4 Å². The van der Waals surface area contributed by atoms with Crippen LogP contribution in [0.5, 0.6) is 0 Å². The molecule has 1 aromatic carbocycles. The molecule has 2 saturated heterocycles. The van der Waals surface area contributed by atoms with Crippen molar-refractivity contribution in [3.63, 3.8) is 0 Å². The van der Waals surface area contributed by atoms with Crippen LogP contribution >= 0.6 is 0 Å². The van der Waals surface area contributed by atoms with Crippen molar-refractivity contribution >= 4 is 11.9 Å². The number of carbonyl (C=O) groups is 2. The first-order valence-corrected chi connectivity index (χ1v) is 7.34. The van der Waals surface area contributed by atoms with Gasteiger partial charge in [0, 0.05) is 12.6 Å². The molecule has 118 valence electrons. The van der Waals surface area contributed by atoms with Gasteiger partial charge in [-0.3, -0.25) is 4.79 Å². The van der Waals surface area contributed by atoms with Crippen LogP contribution in [-0.4, -0.2) is 53.7 Å². The van der Waals surface area contributed by atoms with E-state index in [4.69, 9.17) is 4.74 Å². The van der Waals surface area contributed by atoms with Crippen molar-refractivity contribution in [1.82, 2.24) is 15.8 Å². The number of carboxylic acids is 1. The summed E-state index contributed by atoms with van der Waals surface area (Å²) < 4.78 is 5.17.